The quantitative estimate of drug-likeness (QED) is 0.641. The molecule has 0 radical (unpaired) electrons. The molecule has 1 saturated carbocycles. The van der Waals surface area contributed by atoms with Crippen molar-refractivity contribution in [2.45, 2.75) is 37.0 Å². The smallest absolute Gasteiger partial charge is 0.239 e. The standard InChI is InChI=1S/C11H21N3O2S/c1-17-9-4-2-8(3-5-9)14-11(16)7-13-10(15)6-12/h8-9H,2-7,12H2,1H3,(H,13,15)(H,14,16). The van der Waals surface area contributed by atoms with Crippen LogP contribution in [0.3, 0.4) is 0 Å². The van der Waals surface area contributed by atoms with E-state index in [1.54, 1.807) is 0 Å². The summed E-state index contributed by atoms with van der Waals surface area (Å²) in [5.74, 6) is -0.425. The van der Waals surface area contributed by atoms with Crippen LogP contribution in [0.5, 0.6) is 0 Å². The van der Waals surface area contributed by atoms with Crippen LogP contribution in [0.1, 0.15) is 25.7 Å². The van der Waals surface area contributed by atoms with Crippen LogP contribution in [0.4, 0.5) is 0 Å². The number of carbonyl (C=O) groups is 2. The van der Waals surface area contributed by atoms with Gasteiger partial charge in [0.2, 0.25) is 11.8 Å². The molecule has 0 heterocycles. The predicted octanol–water partition coefficient (Wildman–Crippen LogP) is -0.148. The van der Waals surface area contributed by atoms with E-state index in [4.69, 9.17) is 5.73 Å². The van der Waals surface area contributed by atoms with Gasteiger partial charge in [-0.05, 0) is 31.9 Å². The first-order valence-electron chi connectivity index (χ1n) is 5.94. The Labute approximate surface area is 106 Å². The topological polar surface area (TPSA) is 84.2 Å². The van der Waals surface area contributed by atoms with Crippen molar-refractivity contribution in [2.24, 2.45) is 5.73 Å². The Morgan fingerprint density at radius 3 is 2.41 bits per heavy atom. The number of rotatable bonds is 5. The van der Waals surface area contributed by atoms with Gasteiger partial charge in [0.1, 0.15) is 0 Å². The Bertz CT molecular complexity index is 265. The molecular weight excluding hydrogens is 238 g/mol. The molecule has 98 valence electrons. The van der Waals surface area contributed by atoms with Gasteiger partial charge in [0, 0.05) is 11.3 Å². The molecular formula is C11H21N3O2S. The van der Waals surface area contributed by atoms with Gasteiger partial charge >= 0.3 is 0 Å². The molecule has 2 amide bonds. The number of thioether (sulfide) groups is 1. The first kappa shape index (κ1) is 14.3. The molecule has 1 rings (SSSR count). The van der Waals surface area contributed by atoms with Crippen LogP contribution in [-0.2, 0) is 9.59 Å². The van der Waals surface area contributed by atoms with Crippen LogP contribution in [-0.4, -0.2) is 42.5 Å². The van der Waals surface area contributed by atoms with Gasteiger partial charge in [-0.1, -0.05) is 0 Å². The average molecular weight is 259 g/mol. The van der Waals surface area contributed by atoms with E-state index in [-0.39, 0.29) is 30.9 Å². The minimum atomic E-state index is -0.300. The lowest BCUT2D eigenvalue weighted by Crippen LogP contribution is -2.44. The van der Waals surface area contributed by atoms with E-state index in [1.807, 2.05) is 11.8 Å². The second-order valence-electron chi connectivity index (χ2n) is 4.26. The highest BCUT2D eigenvalue weighted by atomic mass is 32.2. The van der Waals surface area contributed by atoms with E-state index in [0.29, 0.717) is 0 Å². The highest BCUT2D eigenvalue weighted by Gasteiger charge is 2.21. The van der Waals surface area contributed by atoms with Gasteiger partial charge in [-0.25, -0.2) is 0 Å². The lowest BCUT2D eigenvalue weighted by Gasteiger charge is -2.28. The molecule has 0 bridgehead atoms. The van der Waals surface area contributed by atoms with Crippen LogP contribution < -0.4 is 16.4 Å². The van der Waals surface area contributed by atoms with E-state index in [9.17, 15) is 9.59 Å². The average Bonchev–Trinajstić information content (AvgIpc) is 2.36. The zero-order valence-corrected chi connectivity index (χ0v) is 11.0. The summed E-state index contributed by atoms with van der Waals surface area (Å²) in [6.07, 6.45) is 6.50. The number of nitrogens with one attached hydrogen (secondary N) is 2. The number of hydrogen-bond acceptors (Lipinski definition) is 4. The normalized spacial score (nSPS) is 24.1. The van der Waals surface area contributed by atoms with E-state index in [2.05, 4.69) is 16.9 Å². The molecule has 0 atom stereocenters. The summed E-state index contributed by atoms with van der Waals surface area (Å²) in [6, 6.07) is 0.265. The predicted molar refractivity (Wildman–Crippen MR) is 69.8 cm³/mol. The molecule has 0 aliphatic heterocycles. The monoisotopic (exact) mass is 259 g/mol. The third-order valence-electron chi connectivity index (χ3n) is 3.00. The van der Waals surface area contributed by atoms with Crippen molar-refractivity contribution >= 4 is 23.6 Å². The summed E-state index contributed by atoms with van der Waals surface area (Å²) >= 11 is 1.90. The Morgan fingerprint density at radius 1 is 1.24 bits per heavy atom. The maximum absolute atomic E-state index is 11.5. The molecule has 0 aromatic carbocycles. The van der Waals surface area contributed by atoms with Crippen molar-refractivity contribution in [3.63, 3.8) is 0 Å². The van der Waals surface area contributed by atoms with Crippen LogP contribution in [0.25, 0.3) is 0 Å². The van der Waals surface area contributed by atoms with Gasteiger partial charge in [-0.2, -0.15) is 11.8 Å². The minimum absolute atomic E-state index is 0.0263. The summed E-state index contributed by atoms with van der Waals surface area (Å²) in [4.78, 5) is 22.4. The summed E-state index contributed by atoms with van der Waals surface area (Å²) in [5.41, 5.74) is 5.13. The van der Waals surface area contributed by atoms with E-state index >= 15 is 0 Å². The minimum Gasteiger partial charge on any atom is -0.352 e. The molecule has 0 spiro atoms. The SMILES string of the molecule is CSC1CCC(NC(=O)CNC(=O)CN)CC1. The Balaban J connectivity index is 2.17. The number of carbonyl (C=O) groups excluding carboxylic acids is 2. The van der Waals surface area contributed by atoms with Crippen molar-refractivity contribution in [1.29, 1.82) is 0 Å². The molecule has 0 aromatic heterocycles. The second kappa shape index (κ2) is 7.55. The van der Waals surface area contributed by atoms with E-state index < -0.39 is 0 Å². The largest absolute Gasteiger partial charge is 0.352 e. The van der Waals surface area contributed by atoms with Crippen LogP contribution in [0.2, 0.25) is 0 Å². The molecule has 0 aromatic rings. The van der Waals surface area contributed by atoms with Gasteiger partial charge in [0.25, 0.3) is 0 Å². The molecule has 5 nitrogen and oxygen atoms in total. The third kappa shape index (κ3) is 5.41. The fraction of sp³-hybridized carbons (Fsp3) is 0.818. The van der Waals surface area contributed by atoms with Crippen LogP contribution in [0.15, 0.2) is 0 Å². The summed E-state index contributed by atoms with van der Waals surface area (Å²) in [7, 11) is 0. The maximum atomic E-state index is 11.5. The molecule has 4 N–H and O–H groups in total. The summed E-state index contributed by atoms with van der Waals surface area (Å²) in [5, 5.41) is 6.14. The van der Waals surface area contributed by atoms with Gasteiger partial charge in [0.05, 0.1) is 13.1 Å². The van der Waals surface area contributed by atoms with Gasteiger partial charge in [0.15, 0.2) is 0 Å². The van der Waals surface area contributed by atoms with Gasteiger partial charge in [-0.3, -0.25) is 9.59 Å². The number of hydrogen-bond donors (Lipinski definition) is 3. The summed E-state index contributed by atoms with van der Waals surface area (Å²) < 4.78 is 0. The van der Waals surface area contributed by atoms with Gasteiger partial charge < -0.3 is 16.4 Å². The van der Waals surface area contributed by atoms with Crippen LogP contribution in [0, 0.1) is 0 Å². The Morgan fingerprint density at radius 2 is 1.88 bits per heavy atom. The Hall–Kier alpha value is -0.750. The molecule has 1 fully saturated rings. The number of nitrogens with two attached hydrogens (primary N) is 1. The van der Waals surface area contributed by atoms with Crippen molar-refractivity contribution in [3.05, 3.63) is 0 Å². The lowest BCUT2D eigenvalue weighted by atomic mass is 9.95. The third-order valence-corrected chi connectivity index (χ3v) is 4.14. The molecule has 1 aliphatic carbocycles. The van der Waals surface area contributed by atoms with Crippen molar-refractivity contribution in [2.75, 3.05) is 19.3 Å². The zero-order valence-electron chi connectivity index (χ0n) is 10.2. The Kier molecular flexibility index (Phi) is 6.36. The van der Waals surface area contributed by atoms with Crippen LogP contribution >= 0.6 is 11.8 Å². The first-order chi connectivity index (χ1) is 8.15. The summed E-state index contributed by atoms with van der Waals surface area (Å²) in [6.45, 7) is -0.0510. The first-order valence-corrected chi connectivity index (χ1v) is 7.23. The van der Waals surface area contributed by atoms with E-state index in [1.165, 1.54) is 0 Å². The molecule has 1 aliphatic rings. The molecule has 0 unspecified atom stereocenters. The molecule has 0 saturated heterocycles. The fourth-order valence-corrected chi connectivity index (χ4v) is 2.72. The van der Waals surface area contributed by atoms with Crippen molar-refractivity contribution in [1.82, 2.24) is 10.6 Å². The fourth-order valence-electron chi connectivity index (χ4n) is 1.97. The van der Waals surface area contributed by atoms with Crippen molar-refractivity contribution < 1.29 is 9.59 Å². The van der Waals surface area contributed by atoms with E-state index in [0.717, 1.165) is 30.9 Å². The lowest BCUT2D eigenvalue weighted by molar-refractivity contribution is -0.125. The highest BCUT2D eigenvalue weighted by Crippen LogP contribution is 2.26. The molecule has 6 heteroatoms. The maximum Gasteiger partial charge on any atom is 0.239 e. The second-order valence-corrected chi connectivity index (χ2v) is 5.40. The van der Waals surface area contributed by atoms with Crippen molar-refractivity contribution in [3.8, 4) is 0 Å². The highest BCUT2D eigenvalue weighted by molar-refractivity contribution is 7.99. The van der Waals surface area contributed by atoms with Gasteiger partial charge in [-0.15, -0.1) is 0 Å². The molecule has 17 heavy (non-hydrogen) atoms. The zero-order chi connectivity index (χ0) is 12.7. The number of amides is 2.